The van der Waals surface area contributed by atoms with Gasteiger partial charge in [-0.2, -0.15) is 0 Å². The normalized spacial score (nSPS) is 11.5. The van der Waals surface area contributed by atoms with Crippen molar-refractivity contribution in [3.05, 3.63) is 53.8 Å². The van der Waals surface area contributed by atoms with Crippen molar-refractivity contribution in [2.45, 2.75) is 6.54 Å². The summed E-state index contributed by atoms with van der Waals surface area (Å²) in [6, 6.07) is 11.9. The maximum Gasteiger partial charge on any atom is 0.193 e. The fourth-order valence-corrected chi connectivity index (χ4v) is 2.42. The Bertz CT molecular complexity index is 735. The molecule has 0 bridgehead atoms. The number of ether oxygens (including phenoxy) is 2. The molecule has 0 atom stereocenters. The molecule has 2 aromatic rings. The molecule has 3 N–H and O–H groups in total. The van der Waals surface area contributed by atoms with Crippen LogP contribution in [0.3, 0.4) is 0 Å². The second kappa shape index (κ2) is 9.62. The minimum absolute atomic E-state index is 0.227. The molecule has 0 heterocycles. The summed E-state index contributed by atoms with van der Waals surface area (Å²) in [5, 5.41) is 3.03. The standard InChI is InChI=1S/C19H25FN4O2/c1-24(13-14-4-6-15(20)7-5-14)11-10-22-19(21)23-16-8-9-17(25-2)18(12-16)26-3/h4-9,12H,10-11,13H2,1-3H3,(H3,21,22,23). The zero-order chi connectivity index (χ0) is 18.9. The van der Waals surface area contributed by atoms with E-state index in [1.54, 1.807) is 38.5 Å². The number of nitrogens with one attached hydrogen (secondary N) is 1. The first kappa shape index (κ1) is 19.5. The molecule has 6 nitrogen and oxygen atoms in total. The number of benzene rings is 2. The lowest BCUT2D eigenvalue weighted by Crippen LogP contribution is -2.26. The average molecular weight is 360 g/mol. The molecule has 2 aromatic carbocycles. The van der Waals surface area contributed by atoms with Crippen LogP contribution < -0.4 is 20.5 Å². The highest BCUT2D eigenvalue weighted by molar-refractivity contribution is 5.92. The number of guanidine groups is 1. The average Bonchev–Trinajstić information content (AvgIpc) is 2.63. The Labute approximate surface area is 153 Å². The van der Waals surface area contributed by atoms with Crippen molar-refractivity contribution in [2.24, 2.45) is 10.7 Å². The lowest BCUT2D eigenvalue weighted by molar-refractivity contribution is 0.336. The summed E-state index contributed by atoms with van der Waals surface area (Å²) in [4.78, 5) is 6.42. The van der Waals surface area contributed by atoms with Crippen molar-refractivity contribution in [1.29, 1.82) is 0 Å². The first-order valence-electron chi connectivity index (χ1n) is 8.23. The van der Waals surface area contributed by atoms with Gasteiger partial charge in [-0.05, 0) is 36.9 Å². The van der Waals surface area contributed by atoms with E-state index in [0.717, 1.165) is 24.3 Å². The predicted octanol–water partition coefficient (Wildman–Crippen LogP) is 2.70. The second-order valence-corrected chi connectivity index (χ2v) is 5.83. The van der Waals surface area contributed by atoms with Crippen molar-refractivity contribution in [2.75, 3.05) is 39.7 Å². The highest BCUT2D eigenvalue weighted by atomic mass is 19.1. The van der Waals surface area contributed by atoms with Crippen molar-refractivity contribution in [1.82, 2.24) is 4.90 Å². The van der Waals surface area contributed by atoms with Gasteiger partial charge in [0, 0.05) is 24.8 Å². The number of anilines is 1. The van der Waals surface area contributed by atoms with E-state index in [-0.39, 0.29) is 5.82 Å². The van der Waals surface area contributed by atoms with E-state index in [9.17, 15) is 4.39 Å². The summed E-state index contributed by atoms with van der Waals surface area (Å²) in [5.41, 5.74) is 7.75. The Morgan fingerprint density at radius 3 is 2.46 bits per heavy atom. The second-order valence-electron chi connectivity index (χ2n) is 5.83. The van der Waals surface area contributed by atoms with Crippen molar-refractivity contribution >= 4 is 11.6 Å². The fraction of sp³-hybridized carbons (Fsp3) is 0.316. The molecule has 0 unspecified atom stereocenters. The van der Waals surface area contributed by atoms with Gasteiger partial charge >= 0.3 is 0 Å². The quantitative estimate of drug-likeness (QED) is 0.559. The summed E-state index contributed by atoms with van der Waals surface area (Å²) in [5.74, 6) is 1.36. The molecule has 0 fully saturated rings. The summed E-state index contributed by atoms with van der Waals surface area (Å²) in [6.07, 6.45) is 0. The fourth-order valence-electron chi connectivity index (χ4n) is 2.42. The van der Waals surface area contributed by atoms with E-state index in [1.807, 2.05) is 13.1 Å². The van der Waals surface area contributed by atoms with E-state index in [0.29, 0.717) is 24.0 Å². The smallest absolute Gasteiger partial charge is 0.193 e. The van der Waals surface area contributed by atoms with Crippen LogP contribution in [0, 0.1) is 5.82 Å². The van der Waals surface area contributed by atoms with Crippen LogP contribution in [0.15, 0.2) is 47.5 Å². The molecular formula is C19H25FN4O2. The lowest BCUT2D eigenvalue weighted by Gasteiger charge is -2.15. The third kappa shape index (κ3) is 5.93. The molecule has 0 aromatic heterocycles. The number of methoxy groups -OCH3 is 2. The zero-order valence-corrected chi connectivity index (χ0v) is 15.3. The van der Waals surface area contributed by atoms with Crippen LogP contribution in [-0.4, -0.2) is 45.2 Å². The van der Waals surface area contributed by atoms with Gasteiger partial charge in [0.05, 0.1) is 20.8 Å². The number of hydrogen-bond donors (Lipinski definition) is 2. The Kier molecular flexibility index (Phi) is 7.23. The molecule has 7 heteroatoms. The van der Waals surface area contributed by atoms with Gasteiger partial charge in [-0.15, -0.1) is 0 Å². The van der Waals surface area contributed by atoms with Crippen molar-refractivity contribution in [3.63, 3.8) is 0 Å². The molecule has 26 heavy (non-hydrogen) atoms. The molecule has 0 radical (unpaired) electrons. The Morgan fingerprint density at radius 2 is 1.81 bits per heavy atom. The van der Waals surface area contributed by atoms with Gasteiger partial charge in [-0.3, -0.25) is 4.99 Å². The minimum atomic E-state index is -0.227. The van der Waals surface area contributed by atoms with Gasteiger partial charge in [0.1, 0.15) is 5.82 Å². The molecule has 0 spiro atoms. The number of halogens is 1. The number of rotatable bonds is 8. The number of hydrogen-bond acceptors (Lipinski definition) is 4. The molecule has 0 aliphatic carbocycles. The molecule has 0 saturated carbocycles. The summed E-state index contributed by atoms with van der Waals surface area (Å²) >= 11 is 0. The predicted molar refractivity (Wildman–Crippen MR) is 102 cm³/mol. The Morgan fingerprint density at radius 1 is 1.12 bits per heavy atom. The monoisotopic (exact) mass is 360 g/mol. The maximum absolute atomic E-state index is 12.9. The first-order chi connectivity index (χ1) is 12.5. The van der Waals surface area contributed by atoms with E-state index < -0.39 is 0 Å². The minimum Gasteiger partial charge on any atom is -0.493 e. The highest BCUT2D eigenvalue weighted by Gasteiger charge is 2.05. The molecule has 0 aliphatic heterocycles. The van der Waals surface area contributed by atoms with E-state index in [4.69, 9.17) is 15.2 Å². The summed E-state index contributed by atoms with van der Waals surface area (Å²) in [6.45, 7) is 1.99. The molecule has 0 saturated heterocycles. The van der Waals surface area contributed by atoms with E-state index >= 15 is 0 Å². The van der Waals surface area contributed by atoms with Gasteiger partial charge in [0.25, 0.3) is 0 Å². The van der Waals surface area contributed by atoms with Crippen LogP contribution in [-0.2, 0) is 6.54 Å². The number of nitrogens with zero attached hydrogens (tertiary/aromatic N) is 2. The summed E-state index contributed by atoms with van der Waals surface area (Å²) in [7, 11) is 5.15. The number of aliphatic imine (C=N–C) groups is 1. The molecule has 0 amide bonds. The Hall–Kier alpha value is -2.80. The van der Waals surface area contributed by atoms with Crippen LogP contribution in [0.2, 0.25) is 0 Å². The SMILES string of the molecule is COc1ccc(NC(N)=NCCN(C)Cc2ccc(F)cc2)cc1OC. The molecular weight excluding hydrogens is 335 g/mol. The van der Waals surface area contributed by atoms with Crippen LogP contribution in [0.5, 0.6) is 11.5 Å². The lowest BCUT2D eigenvalue weighted by atomic mass is 10.2. The van der Waals surface area contributed by atoms with Crippen molar-refractivity contribution in [3.8, 4) is 11.5 Å². The van der Waals surface area contributed by atoms with Gasteiger partial charge in [-0.25, -0.2) is 4.39 Å². The molecule has 140 valence electrons. The Balaban J connectivity index is 1.83. The highest BCUT2D eigenvalue weighted by Crippen LogP contribution is 2.29. The van der Waals surface area contributed by atoms with Crippen LogP contribution in [0.1, 0.15) is 5.56 Å². The van der Waals surface area contributed by atoms with E-state index in [1.165, 1.54) is 12.1 Å². The van der Waals surface area contributed by atoms with Crippen molar-refractivity contribution < 1.29 is 13.9 Å². The van der Waals surface area contributed by atoms with E-state index in [2.05, 4.69) is 15.2 Å². The van der Waals surface area contributed by atoms with Gasteiger partial charge in [-0.1, -0.05) is 12.1 Å². The van der Waals surface area contributed by atoms with Crippen LogP contribution in [0.25, 0.3) is 0 Å². The topological polar surface area (TPSA) is 72.1 Å². The third-order valence-electron chi connectivity index (χ3n) is 3.79. The van der Waals surface area contributed by atoms with Gasteiger partial charge in [0.2, 0.25) is 0 Å². The molecule has 2 rings (SSSR count). The number of likely N-dealkylation sites (N-methyl/N-ethyl adjacent to an activating group) is 1. The van der Waals surface area contributed by atoms with Crippen LogP contribution in [0.4, 0.5) is 10.1 Å². The number of nitrogens with two attached hydrogens (primary N) is 1. The third-order valence-corrected chi connectivity index (χ3v) is 3.79. The maximum atomic E-state index is 12.9. The molecule has 0 aliphatic rings. The first-order valence-corrected chi connectivity index (χ1v) is 8.23. The largest absolute Gasteiger partial charge is 0.493 e. The van der Waals surface area contributed by atoms with Crippen LogP contribution >= 0.6 is 0 Å². The zero-order valence-electron chi connectivity index (χ0n) is 15.3. The van der Waals surface area contributed by atoms with Gasteiger partial charge < -0.3 is 25.4 Å². The summed E-state index contributed by atoms with van der Waals surface area (Å²) < 4.78 is 23.4. The van der Waals surface area contributed by atoms with Gasteiger partial charge in [0.15, 0.2) is 17.5 Å².